The molecule has 0 heterocycles. The second-order valence-corrected chi connectivity index (χ2v) is 0.949. The predicted molar refractivity (Wildman–Crippen MR) is 20.6 cm³/mol. The quantitative estimate of drug-likeness (QED) is 0.267. The Kier molecular flexibility index (Phi) is 20.8. The second-order valence-electron chi connectivity index (χ2n) is 0.316. The van der Waals surface area contributed by atoms with E-state index in [2.05, 4.69) is 12.6 Å². The molecule has 0 aliphatic rings. The molecule has 0 aromatic carbocycles. The normalized spacial score (nSPS) is 4.50. The van der Waals surface area contributed by atoms with Gasteiger partial charge in [-0.1, -0.05) is 6.92 Å². The topological polar surface area (TPSA) is 0 Å². The molecule has 0 saturated heterocycles. The third kappa shape index (κ3) is 9.01. The van der Waals surface area contributed by atoms with E-state index in [9.17, 15) is 0 Å². The average Bonchev–Trinajstić information content (AvgIpc) is 0.918. The summed E-state index contributed by atoms with van der Waals surface area (Å²) in [5.41, 5.74) is 0. The largest absolute Gasteiger partial charge is 1.00 e. The summed E-state index contributed by atoms with van der Waals surface area (Å²) in [4.78, 5) is 0. The van der Waals surface area contributed by atoms with Crippen LogP contribution >= 0.6 is 12.6 Å². The van der Waals surface area contributed by atoms with Crippen molar-refractivity contribution < 1.29 is 52.8 Å². The van der Waals surface area contributed by atoms with Gasteiger partial charge in [0.05, 0.1) is 0 Å². The zero-order chi connectivity index (χ0) is 2.71. The third-order valence-corrected chi connectivity index (χ3v) is 0. The van der Waals surface area contributed by atoms with Gasteiger partial charge in [0.2, 0.25) is 0 Å². The molecule has 0 radical (unpaired) electrons. The van der Waals surface area contributed by atoms with Gasteiger partial charge >= 0.3 is 51.4 Å². The van der Waals surface area contributed by atoms with Crippen molar-refractivity contribution in [1.82, 2.24) is 0 Å². The summed E-state index contributed by atoms with van der Waals surface area (Å²) in [6, 6.07) is 0. The van der Waals surface area contributed by atoms with E-state index in [-0.39, 0.29) is 52.8 Å². The van der Waals surface area contributed by atoms with Crippen LogP contribution in [0.5, 0.6) is 0 Å². The van der Waals surface area contributed by atoms with Crippen molar-refractivity contribution in [2.75, 3.05) is 5.75 Å². The van der Waals surface area contributed by atoms with Crippen LogP contribution in [0.2, 0.25) is 0 Å². The van der Waals surface area contributed by atoms with Crippen molar-refractivity contribution >= 4 is 12.6 Å². The summed E-state index contributed by atoms with van der Waals surface area (Å²) in [5.74, 6) is 0.944. The molecular formula is C2H7KS. The molecule has 0 aliphatic heterocycles. The zero-order valence-electron chi connectivity index (χ0n) is 4.15. The predicted octanol–water partition coefficient (Wildman–Crippen LogP) is -1.95. The Hall–Kier alpha value is 1.99. The Morgan fingerprint density at radius 1 is 2.00 bits per heavy atom. The minimum Gasteiger partial charge on any atom is -1.00 e. The van der Waals surface area contributed by atoms with Crippen molar-refractivity contribution in [2.45, 2.75) is 6.92 Å². The molecule has 0 aromatic rings. The number of hydrogen-bond acceptors (Lipinski definition) is 1. The summed E-state index contributed by atoms with van der Waals surface area (Å²) in [5, 5.41) is 0. The van der Waals surface area contributed by atoms with Gasteiger partial charge in [-0.2, -0.15) is 12.6 Å². The van der Waals surface area contributed by atoms with Gasteiger partial charge in [-0.05, 0) is 5.75 Å². The molecule has 0 fully saturated rings. The summed E-state index contributed by atoms with van der Waals surface area (Å²) >= 11 is 3.79. The van der Waals surface area contributed by atoms with E-state index in [1.54, 1.807) is 0 Å². The van der Waals surface area contributed by atoms with E-state index in [1.165, 1.54) is 0 Å². The molecule has 0 saturated carbocycles. The first-order valence-corrected chi connectivity index (χ1v) is 1.66. The summed E-state index contributed by atoms with van der Waals surface area (Å²) in [6.07, 6.45) is 0. The third-order valence-electron chi connectivity index (χ3n) is 0. The molecule has 0 bridgehead atoms. The van der Waals surface area contributed by atoms with Gasteiger partial charge in [-0.25, -0.2) is 0 Å². The Balaban J connectivity index is -0.0000000200. The van der Waals surface area contributed by atoms with Gasteiger partial charge in [0.1, 0.15) is 0 Å². The van der Waals surface area contributed by atoms with Crippen LogP contribution in [0.25, 0.3) is 0 Å². The molecule has 0 aromatic heterocycles. The van der Waals surface area contributed by atoms with Gasteiger partial charge < -0.3 is 1.43 Å². The smallest absolute Gasteiger partial charge is 1.00 e. The molecule has 2 heteroatoms. The average molecular weight is 102 g/mol. The molecule has 0 N–H and O–H groups in total. The van der Waals surface area contributed by atoms with E-state index >= 15 is 0 Å². The maximum atomic E-state index is 3.79. The van der Waals surface area contributed by atoms with E-state index < -0.39 is 0 Å². The first kappa shape index (κ1) is 9.37. The van der Waals surface area contributed by atoms with Crippen LogP contribution in [0.1, 0.15) is 8.35 Å². The van der Waals surface area contributed by atoms with E-state index in [0.717, 1.165) is 5.75 Å². The van der Waals surface area contributed by atoms with Gasteiger partial charge in [-0.3, -0.25) is 0 Å². The Morgan fingerprint density at radius 3 is 2.00 bits per heavy atom. The molecule has 4 heavy (non-hydrogen) atoms. The molecule has 0 spiro atoms. The van der Waals surface area contributed by atoms with Crippen molar-refractivity contribution in [3.63, 3.8) is 0 Å². The van der Waals surface area contributed by atoms with E-state index in [0.29, 0.717) is 0 Å². The summed E-state index contributed by atoms with van der Waals surface area (Å²) in [7, 11) is 0. The molecule has 0 atom stereocenters. The maximum Gasteiger partial charge on any atom is 1.00 e. The number of hydrogen-bond donors (Lipinski definition) is 1. The first-order chi connectivity index (χ1) is 1.41. The van der Waals surface area contributed by atoms with Crippen LogP contribution in [0.4, 0.5) is 0 Å². The van der Waals surface area contributed by atoms with Crippen LogP contribution < -0.4 is 51.4 Å². The van der Waals surface area contributed by atoms with Gasteiger partial charge in [0.15, 0.2) is 0 Å². The number of thiol groups is 1. The van der Waals surface area contributed by atoms with Crippen molar-refractivity contribution in [1.29, 1.82) is 0 Å². The SMILES string of the molecule is CCS.[H-].[K+]. The van der Waals surface area contributed by atoms with Crippen LogP contribution in [-0.2, 0) is 0 Å². The molecule has 0 nitrogen and oxygen atoms in total. The second kappa shape index (κ2) is 8.88. The van der Waals surface area contributed by atoms with Crippen LogP contribution in [-0.4, -0.2) is 5.75 Å². The molecule has 0 amide bonds. The number of rotatable bonds is 0. The summed E-state index contributed by atoms with van der Waals surface area (Å²) < 4.78 is 0. The van der Waals surface area contributed by atoms with E-state index in [4.69, 9.17) is 0 Å². The fraction of sp³-hybridized carbons (Fsp3) is 1.00. The van der Waals surface area contributed by atoms with Crippen LogP contribution in [0, 0.1) is 0 Å². The molecule has 22 valence electrons. The van der Waals surface area contributed by atoms with Gasteiger partial charge in [0, 0.05) is 0 Å². The minimum absolute atomic E-state index is 0. The Morgan fingerprint density at radius 2 is 2.00 bits per heavy atom. The van der Waals surface area contributed by atoms with Crippen molar-refractivity contribution in [3.8, 4) is 0 Å². The fourth-order valence-corrected chi connectivity index (χ4v) is 0. The first-order valence-electron chi connectivity index (χ1n) is 1.02. The standard InChI is InChI=1S/C2H6S.K.H/c1-2-3;;/h3H,2H2,1H3;;/q;+1;-1. The Bertz CT molecular complexity index is 9.61. The molecular weight excluding hydrogens is 95.2 g/mol. The van der Waals surface area contributed by atoms with Crippen molar-refractivity contribution in [2.24, 2.45) is 0 Å². The summed E-state index contributed by atoms with van der Waals surface area (Å²) in [6.45, 7) is 1.99. The molecule has 0 aliphatic carbocycles. The Labute approximate surface area is 76.7 Å². The monoisotopic (exact) mass is 102 g/mol. The molecule has 0 rings (SSSR count). The zero-order valence-corrected chi connectivity index (χ0v) is 7.17. The van der Waals surface area contributed by atoms with Crippen LogP contribution in [0.3, 0.4) is 0 Å². The van der Waals surface area contributed by atoms with E-state index in [1.807, 2.05) is 6.92 Å². The fourth-order valence-electron chi connectivity index (χ4n) is 0. The van der Waals surface area contributed by atoms with Crippen molar-refractivity contribution in [3.05, 3.63) is 0 Å². The maximum absolute atomic E-state index is 3.79. The van der Waals surface area contributed by atoms with Gasteiger partial charge in [-0.15, -0.1) is 0 Å². The molecule has 0 unspecified atom stereocenters. The van der Waals surface area contributed by atoms with Gasteiger partial charge in [0.25, 0.3) is 0 Å². The minimum atomic E-state index is 0. The van der Waals surface area contributed by atoms with Crippen LogP contribution in [0.15, 0.2) is 0 Å².